The summed E-state index contributed by atoms with van der Waals surface area (Å²) < 4.78 is 5.54. The van der Waals surface area contributed by atoms with Crippen molar-refractivity contribution >= 4 is 17.5 Å². The first kappa shape index (κ1) is 17.8. The fourth-order valence-corrected chi connectivity index (χ4v) is 2.07. The molecule has 1 rings (SSSR count). The van der Waals surface area contributed by atoms with Crippen molar-refractivity contribution in [3.05, 3.63) is 28.8 Å². The Morgan fingerprint density at radius 2 is 2.14 bits per heavy atom. The zero-order valence-electron chi connectivity index (χ0n) is 13.0. The van der Waals surface area contributed by atoms with Gasteiger partial charge in [-0.3, -0.25) is 4.79 Å². The topological polar surface area (TPSA) is 50.4 Å². The van der Waals surface area contributed by atoms with Gasteiger partial charge in [-0.2, -0.15) is 0 Å². The molecule has 0 saturated heterocycles. The number of halogens is 1. The Balaban J connectivity index is 2.41. The summed E-state index contributed by atoms with van der Waals surface area (Å²) in [7, 11) is 0. The van der Waals surface area contributed by atoms with Crippen LogP contribution in [0.4, 0.5) is 0 Å². The molecular weight excluding hydrogens is 288 g/mol. The molecule has 0 heterocycles. The third kappa shape index (κ3) is 7.34. The Labute approximate surface area is 132 Å². The minimum absolute atomic E-state index is 0.0110. The predicted octanol–water partition coefficient (Wildman–Crippen LogP) is 2.99. The molecule has 0 aliphatic rings. The third-order valence-electron chi connectivity index (χ3n) is 2.84. The molecule has 4 nitrogen and oxygen atoms in total. The van der Waals surface area contributed by atoms with Gasteiger partial charge in [-0.15, -0.1) is 0 Å². The van der Waals surface area contributed by atoms with E-state index in [1.165, 1.54) is 0 Å². The zero-order valence-corrected chi connectivity index (χ0v) is 13.8. The molecule has 0 radical (unpaired) electrons. The number of hydrogen-bond acceptors (Lipinski definition) is 3. The molecule has 0 spiro atoms. The summed E-state index contributed by atoms with van der Waals surface area (Å²) in [6.07, 6.45) is 0.335. The van der Waals surface area contributed by atoms with E-state index in [0.717, 1.165) is 18.7 Å². The first-order valence-corrected chi connectivity index (χ1v) is 7.79. The summed E-state index contributed by atoms with van der Waals surface area (Å²) in [5, 5.41) is 6.67. The van der Waals surface area contributed by atoms with Crippen LogP contribution in [0.3, 0.4) is 0 Å². The number of amides is 1. The van der Waals surface area contributed by atoms with E-state index in [1.807, 2.05) is 25.1 Å². The van der Waals surface area contributed by atoms with Crippen molar-refractivity contribution in [2.24, 2.45) is 5.92 Å². The quantitative estimate of drug-likeness (QED) is 0.737. The molecule has 0 aliphatic carbocycles. The molecule has 0 aromatic heterocycles. The van der Waals surface area contributed by atoms with Crippen molar-refractivity contribution in [3.8, 4) is 5.75 Å². The van der Waals surface area contributed by atoms with Crippen LogP contribution in [0.2, 0.25) is 5.02 Å². The summed E-state index contributed by atoms with van der Waals surface area (Å²) >= 11 is 6.19. The monoisotopic (exact) mass is 312 g/mol. The molecule has 2 N–H and O–H groups in total. The summed E-state index contributed by atoms with van der Waals surface area (Å²) in [5.74, 6) is 1.23. The number of benzene rings is 1. The lowest BCUT2D eigenvalue weighted by Crippen LogP contribution is -2.24. The van der Waals surface area contributed by atoms with Gasteiger partial charge in [0.15, 0.2) is 0 Å². The molecule has 1 aromatic carbocycles. The summed E-state index contributed by atoms with van der Waals surface area (Å²) in [4.78, 5) is 11.3. The molecule has 1 aromatic rings. The van der Waals surface area contributed by atoms with Crippen LogP contribution in [-0.2, 0) is 11.3 Å². The van der Waals surface area contributed by atoms with Crippen molar-refractivity contribution in [1.82, 2.24) is 10.6 Å². The lowest BCUT2D eigenvalue weighted by molar-refractivity contribution is -0.121. The highest BCUT2D eigenvalue weighted by Crippen LogP contribution is 2.25. The SMILES string of the molecule is CCNC(=O)CCOc1ccc(CNCC(C)C)cc1Cl. The van der Waals surface area contributed by atoms with E-state index in [-0.39, 0.29) is 5.91 Å². The second-order valence-electron chi connectivity index (χ2n) is 5.34. The van der Waals surface area contributed by atoms with E-state index in [9.17, 15) is 4.79 Å². The lowest BCUT2D eigenvalue weighted by atomic mass is 10.2. The maximum atomic E-state index is 11.3. The third-order valence-corrected chi connectivity index (χ3v) is 3.13. The Morgan fingerprint density at radius 3 is 2.76 bits per heavy atom. The van der Waals surface area contributed by atoms with Gasteiger partial charge in [-0.1, -0.05) is 31.5 Å². The standard InChI is InChI=1S/C16H25ClN2O2/c1-4-19-16(20)7-8-21-15-6-5-13(9-14(15)17)11-18-10-12(2)3/h5-6,9,12,18H,4,7-8,10-11H2,1-3H3,(H,19,20). The van der Waals surface area contributed by atoms with Crippen molar-refractivity contribution in [2.75, 3.05) is 19.7 Å². The van der Waals surface area contributed by atoms with Crippen LogP contribution in [-0.4, -0.2) is 25.6 Å². The number of nitrogens with one attached hydrogen (secondary N) is 2. The van der Waals surface area contributed by atoms with Crippen LogP contribution in [0, 0.1) is 5.92 Å². The van der Waals surface area contributed by atoms with Crippen molar-refractivity contribution in [1.29, 1.82) is 0 Å². The molecule has 118 valence electrons. The van der Waals surface area contributed by atoms with Gasteiger partial charge in [0, 0.05) is 13.1 Å². The Morgan fingerprint density at radius 1 is 1.38 bits per heavy atom. The number of ether oxygens (including phenoxy) is 1. The van der Waals surface area contributed by atoms with E-state index in [0.29, 0.717) is 36.3 Å². The Bertz CT molecular complexity index is 450. The molecule has 0 atom stereocenters. The smallest absolute Gasteiger partial charge is 0.223 e. The van der Waals surface area contributed by atoms with Crippen LogP contribution in [0.25, 0.3) is 0 Å². The van der Waals surface area contributed by atoms with Crippen LogP contribution in [0.1, 0.15) is 32.8 Å². The van der Waals surface area contributed by atoms with Crippen molar-refractivity contribution in [3.63, 3.8) is 0 Å². The second kappa shape index (κ2) is 9.64. The van der Waals surface area contributed by atoms with Gasteiger partial charge in [-0.05, 0) is 37.1 Å². The fraction of sp³-hybridized carbons (Fsp3) is 0.562. The van der Waals surface area contributed by atoms with E-state index in [4.69, 9.17) is 16.3 Å². The van der Waals surface area contributed by atoms with Crippen molar-refractivity contribution < 1.29 is 9.53 Å². The van der Waals surface area contributed by atoms with Gasteiger partial charge in [0.1, 0.15) is 5.75 Å². The van der Waals surface area contributed by atoms with Gasteiger partial charge < -0.3 is 15.4 Å². The summed E-state index contributed by atoms with van der Waals surface area (Å²) in [5.41, 5.74) is 1.12. The molecule has 1 amide bonds. The van der Waals surface area contributed by atoms with Gasteiger partial charge in [0.05, 0.1) is 18.1 Å². The summed E-state index contributed by atoms with van der Waals surface area (Å²) in [6, 6.07) is 5.74. The highest BCUT2D eigenvalue weighted by atomic mass is 35.5. The first-order chi connectivity index (χ1) is 10.0. The minimum Gasteiger partial charge on any atom is -0.491 e. The first-order valence-electron chi connectivity index (χ1n) is 7.41. The Hall–Kier alpha value is -1.26. The molecule has 0 saturated carbocycles. The van der Waals surface area contributed by atoms with E-state index < -0.39 is 0 Å². The van der Waals surface area contributed by atoms with Crippen LogP contribution >= 0.6 is 11.6 Å². The minimum atomic E-state index is -0.0110. The van der Waals surface area contributed by atoms with E-state index in [1.54, 1.807) is 0 Å². The molecule has 0 fully saturated rings. The highest BCUT2D eigenvalue weighted by Gasteiger charge is 2.05. The average Bonchev–Trinajstić information content (AvgIpc) is 2.41. The summed E-state index contributed by atoms with van der Waals surface area (Å²) in [6.45, 7) is 8.96. The number of hydrogen-bond donors (Lipinski definition) is 2. The van der Waals surface area contributed by atoms with Gasteiger partial charge in [0.2, 0.25) is 5.91 Å². The Kier molecular flexibility index (Phi) is 8.16. The van der Waals surface area contributed by atoms with E-state index in [2.05, 4.69) is 24.5 Å². The van der Waals surface area contributed by atoms with Crippen LogP contribution < -0.4 is 15.4 Å². The average molecular weight is 313 g/mol. The molecule has 5 heteroatoms. The van der Waals surface area contributed by atoms with E-state index >= 15 is 0 Å². The number of rotatable bonds is 9. The van der Waals surface area contributed by atoms with Gasteiger partial charge in [-0.25, -0.2) is 0 Å². The van der Waals surface area contributed by atoms with Crippen LogP contribution in [0.5, 0.6) is 5.75 Å². The van der Waals surface area contributed by atoms with Crippen molar-refractivity contribution in [2.45, 2.75) is 33.7 Å². The maximum Gasteiger partial charge on any atom is 0.223 e. The molecule has 0 bridgehead atoms. The van der Waals surface area contributed by atoms with Gasteiger partial charge in [0.25, 0.3) is 0 Å². The zero-order chi connectivity index (χ0) is 15.7. The molecule has 0 aliphatic heterocycles. The molecule has 0 unspecified atom stereocenters. The number of carbonyl (C=O) groups excluding carboxylic acids is 1. The largest absolute Gasteiger partial charge is 0.491 e. The van der Waals surface area contributed by atoms with Crippen LogP contribution in [0.15, 0.2) is 18.2 Å². The molecular formula is C16H25ClN2O2. The highest BCUT2D eigenvalue weighted by molar-refractivity contribution is 6.32. The predicted molar refractivity (Wildman–Crippen MR) is 86.8 cm³/mol. The second-order valence-corrected chi connectivity index (χ2v) is 5.75. The normalized spacial score (nSPS) is 10.7. The maximum absolute atomic E-state index is 11.3. The lowest BCUT2D eigenvalue weighted by Gasteiger charge is -2.11. The fourth-order valence-electron chi connectivity index (χ4n) is 1.82. The van der Waals surface area contributed by atoms with Gasteiger partial charge >= 0.3 is 0 Å². The number of carbonyl (C=O) groups is 1. The molecule has 21 heavy (non-hydrogen) atoms.